The van der Waals surface area contributed by atoms with E-state index in [0.717, 1.165) is 10.2 Å². The van der Waals surface area contributed by atoms with Crippen LogP contribution in [0.25, 0.3) is 0 Å². The number of nitrogens with zero attached hydrogens (tertiary/aromatic N) is 3. The molecule has 0 amide bonds. The van der Waals surface area contributed by atoms with E-state index in [1.807, 2.05) is 36.4 Å². The Bertz CT molecular complexity index is 918. The second kappa shape index (κ2) is 8.76. The van der Waals surface area contributed by atoms with Crippen molar-refractivity contribution in [2.24, 2.45) is 21.8 Å². The van der Waals surface area contributed by atoms with Gasteiger partial charge in [-0.3, -0.25) is 0 Å². The van der Waals surface area contributed by atoms with Gasteiger partial charge in [0.05, 0.1) is 12.1 Å². The summed E-state index contributed by atoms with van der Waals surface area (Å²) in [5.74, 6) is 3.24. The fourth-order valence-electron chi connectivity index (χ4n) is 3.16. The SMILES string of the molecule is CC(C)[C@H]1COC(c2cc(Oc3ccc(Br)cc3)cc(C3=N[C@@H](C(C)C)CO3)n2)=N1. The fraction of sp³-hybridized carbons (Fsp3) is 0.435. The minimum atomic E-state index is 0.131. The van der Waals surface area contributed by atoms with Crippen molar-refractivity contribution in [3.63, 3.8) is 0 Å². The van der Waals surface area contributed by atoms with E-state index in [1.165, 1.54) is 0 Å². The van der Waals surface area contributed by atoms with Gasteiger partial charge in [0.25, 0.3) is 0 Å². The van der Waals surface area contributed by atoms with Gasteiger partial charge in [0.1, 0.15) is 36.1 Å². The van der Waals surface area contributed by atoms with Gasteiger partial charge in [-0.15, -0.1) is 0 Å². The molecule has 0 aliphatic carbocycles. The molecule has 2 aromatic rings. The average molecular weight is 472 g/mol. The lowest BCUT2D eigenvalue weighted by Crippen LogP contribution is -2.13. The number of halogens is 1. The van der Waals surface area contributed by atoms with Crippen LogP contribution in [0.1, 0.15) is 39.1 Å². The quantitative estimate of drug-likeness (QED) is 0.577. The summed E-state index contributed by atoms with van der Waals surface area (Å²) in [5, 5.41) is 0. The van der Waals surface area contributed by atoms with E-state index >= 15 is 0 Å². The number of rotatable bonds is 6. The van der Waals surface area contributed by atoms with Crippen LogP contribution in [0.3, 0.4) is 0 Å². The number of aliphatic imine (C=N–C) groups is 2. The smallest absolute Gasteiger partial charge is 0.235 e. The summed E-state index contributed by atoms with van der Waals surface area (Å²) < 4.78 is 18.8. The van der Waals surface area contributed by atoms with Gasteiger partial charge in [-0.1, -0.05) is 43.6 Å². The van der Waals surface area contributed by atoms with Crippen LogP contribution in [0.5, 0.6) is 11.5 Å². The highest BCUT2D eigenvalue weighted by Crippen LogP contribution is 2.27. The minimum absolute atomic E-state index is 0.131. The van der Waals surface area contributed by atoms with Crippen LogP contribution in [-0.4, -0.2) is 42.1 Å². The zero-order chi connectivity index (χ0) is 21.3. The van der Waals surface area contributed by atoms with Crippen molar-refractivity contribution in [2.75, 3.05) is 13.2 Å². The van der Waals surface area contributed by atoms with Gasteiger partial charge in [-0.05, 0) is 36.1 Å². The summed E-state index contributed by atoms with van der Waals surface area (Å²) in [6.45, 7) is 9.68. The maximum Gasteiger partial charge on any atom is 0.235 e. The third kappa shape index (κ3) is 4.67. The molecular formula is C23H26BrN3O3. The van der Waals surface area contributed by atoms with E-state index in [1.54, 1.807) is 0 Å². The van der Waals surface area contributed by atoms with Gasteiger partial charge in [-0.25, -0.2) is 15.0 Å². The first-order chi connectivity index (χ1) is 14.4. The highest BCUT2D eigenvalue weighted by atomic mass is 79.9. The summed E-state index contributed by atoms with van der Waals surface area (Å²) in [6.07, 6.45) is 0. The molecular weight excluding hydrogens is 446 g/mol. The molecule has 2 aliphatic heterocycles. The van der Waals surface area contributed by atoms with Crippen LogP contribution in [0, 0.1) is 11.8 Å². The molecule has 0 unspecified atom stereocenters. The van der Waals surface area contributed by atoms with Gasteiger partial charge in [-0.2, -0.15) is 0 Å². The molecule has 6 nitrogen and oxygen atoms in total. The molecule has 3 heterocycles. The Balaban J connectivity index is 1.70. The predicted octanol–water partition coefficient (Wildman–Crippen LogP) is 5.24. The summed E-state index contributed by atoms with van der Waals surface area (Å²) in [4.78, 5) is 14.2. The van der Waals surface area contributed by atoms with Gasteiger partial charge >= 0.3 is 0 Å². The molecule has 0 bridgehead atoms. The molecule has 2 atom stereocenters. The second-order valence-corrected chi connectivity index (χ2v) is 9.16. The number of hydrogen-bond donors (Lipinski definition) is 0. The normalized spacial score (nSPS) is 20.8. The van der Waals surface area contributed by atoms with E-state index in [-0.39, 0.29) is 12.1 Å². The third-order valence-electron chi connectivity index (χ3n) is 5.17. The van der Waals surface area contributed by atoms with E-state index in [0.29, 0.717) is 54.0 Å². The van der Waals surface area contributed by atoms with Crippen LogP contribution in [-0.2, 0) is 9.47 Å². The highest BCUT2D eigenvalue weighted by Gasteiger charge is 2.27. The number of pyridine rings is 1. The van der Waals surface area contributed by atoms with E-state index in [2.05, 4.69) is 43.6 Å². The Morgan fingerprint density at radius 1 is 0.833 bits per heavy atom. The zero-order valence-corrected chi connectivity index (χ0v) is 19.2. The van der Waals surface area contributed by atoms with Crippen LogP contribution >= 0.6 is 15.9 Å². The Kier molecular flexibility index (Phi) is 6.09. The Labute approximate surface area is 185 Å². The predicted molar refractivity (Wildman–Crippen MR) is 121 cm³/mol. The molecule has 0 fully saturated rings. The Morgan fingerprint density at radius 2 is 1.33 bits per heavy atom. The van der Waals surface area contributed by atoms with Crippen LogP contribution in [0.4, 0.5) is 0 Å². The minimum Gasteiger partial charge on any atom is -0.474 e. The maximum absolute atomic E-state index is 6.10. The van der Waals surface area contributed by atoms with Crippen molar-refractivity contribution < 1.29 is 14.2 Å². The third-order valence-corrected chi connectivity index (χ3v) is 5.70. The van der Waals surface area contributed by atoms with Gasteiger partial charge in [0.2, 0.25) is 11.8 Å². The highest BCUT2D eigenvalue weighted by molar-refractivity contribution is 9.10. The Morgan fingerprint density at radius 3 is 1.77 bits per heavy atom. The van der Waals surface area contributed by atoms with Crippen molar-refractivity contribution in [1.82, 2.24) is 4.98 Å². The first-order valence-corrected chi connectivity index (χ1v) is 11.1. The molecule has 0 saturated carbocycles. The van der Waals surface area contributed by atoms with Crippen molar-refractivity contribution >= 4 is 27.7 Å². The molecule has 0 saturated heterocycles. The molecule has 0 spiro atoms. The van der Waals surface area contributed by atoms with Crippen molar-refractivity contribution in [1.29, 1.82) is 0 Å². The molecule has 2 aliphatic rings. The lowest BCUT2D eigenvalue weighted by Gasteiger charge is -2.10. The Hall–Kier alpha value is -2.41. The van der Waals surface area contributed by atoms with Crippen molar-refractivity contribution in [3.05, 3.63) is 52.3 Å². The number of aromatic nitrogens is 1. The first-order valence-electron chi connectivity index (χ1n) is 10.3. The van der Waals surface area contributed by atoms with Gasteiger partial charge < -0.3 is 14.2 Å². The second-order valence-electron chi connectivity index (χ2n) is 8.24. The monoisotopic (exact) mass is 471 g/mol. The molecule has 7 heteroatoms. The molecule has 0 radical (unpaired) electrons. The summed E-state index contributed by atoms with van der Waals surface area (Å²) in [6, 6.07) is 11.6. The molecule has 4 rings (SSSR count). The molecule has 30 heavy (non-hydrogen) atoms. The van der Waals surface area contributed by atoms with E-state index in [4.69, 9.17) is 29.2 Å². The zero-order valence-electron chi connectivity index (χ0n) is 17.6. The standard InChI is InChI=1S/C23H26BrN3O3/c1-13(2)20-11-28-22(26-20)18-9-17(30-16-7-5-15(24)6-8-16)10-19(25-18)23-27-21(12-29-23)14(3)4/h5-10,13-14,20-21H,11-12H2,1-4H3/t20-,21-/m1/s1. The molecule has 158 valence electrons. The van der Waals surface area contributed by atoms with Crippen LogP contribution < -0.4 is 4.74 Å². The van der Waals surface area contributed by atoms with Gasteiger partial charge in [0, 0.05) is 16.6 Å². The molecule has 1 aromatic carbocycles. The first kappa shape index (κ1) is 20.8. The van der Waals surface area contributed by atoms with E-state index in [9.17, 15) is 0 Å². The molecule has 0 N–H and O–H groups in total. The number of benzene rings is 1. The van der Waals surface area contributed by atoms with Crippen molar-refractivity contribution in [3.8, 4) is 11.5 Å². The lowest BCUT2D eigenvalue weighted by molar-refractivity contribution is 0.290. The van der Waals surface area contributed by atoms with Crippen LogP contribution in [0.2, 0.25) is 0 Å². The number of ether oxygens (including phenoxy) is 3. The summed E-state index contributed by atoms with van der Waals surface area (Å²) in [7, 11) is 0. The topological polar surface area (TPSA) is 65.3 Å². The van der Waals surface area contributed by atoms with Crippen LogP contribution in [0.15, 0.2) is 50.9 Å². The maximum atomic E-state index is 6.10. The fourth-order valence-corrected chi connectivity index (χ4v) is 3.43. The average Bonchev–Trinajstić information content (AvgIpc) is 3.40. The number of hydrogen-bond acceptors (Lipinski definition) is 6. The van der Waals surface area contributed by atoms with Crippen molar-refractivity contribution in [2.45, 2.75) is 39.8 Å². The van der Waals surface area contributed by atoms with E-state index < -0.39 is 0 Å². The summed E-state index contributed by atoms with van der Waals surface area (Å²) in [5.41, 5.74) is 1.25. The molecule has 1 aromatic heterocycles. The summed E-state index contributed by atoms with van der Waals surface area (Å²) >= 11 is 3.45. The largest absolute Gasteiger partial charge is 0.474 e. The lowest BCUT2D eigenvalue weighted by atomic mass is 10.1. The van der Waals surface area contributed by atoms with Gasteiger partial charge in [0.15, 0.2) is 0 Å².